The van der Waals surface area contributed by atoms with E-state index in [0.29, 0.717) is 5.25 Å². The van der Waals surface area contributed by atoms with E-state index in [0.717, 1.165) is 45.3 Å². The van der Waals surface area contributed by atoms with Crippen molar-refractivity contribution in [2.75, 3.05) is 33.5 Å². The number of ether oxygens (including phenoxy) is 1. The van der Waals surface area contributed by atoms with E-state index in [4.69, 9.17) is 9.73 Å². The fourth-order valence-corrected chi connectivity index (χ4v) is 5.49. The van der Waals surface area contributed by atoms with E-state index < -0.39 is 0 Å². The van der Waals surface area contributed by atoms with Gasteiger partial charge >= 0.3 is 0 Å². The molecule has 0 fully saturated rings. The molecule has 0 radical (unpaired) electrons. The highest BCUT2D eigenvalue weighted by Crippen LogP contribution is 2.32. The summed E-state index contributed by atoms with van der Waals surface area (Å²) < 4.78 is 7.43. The summed E-state index contributed by atoms with van der Waals surface area (Å²) in [6.45, 7) is 2.97. The summed E-state index contributed by atoms with van der Waals surface area (Å²) >= 11 is 3.59. The number of hydrogen-bond donors (Lipinski definition) is 0. The predicted octanol–water partition coefficient (Wildman–Crippen LogP) is 4.55. The van der Waals surface area contributed by atoms with Gasteiger partial charge in [0, 0.05) is 22.3 Å². The molecule has 8 heteroatoms. The Balaban J connectivity index is 1.46. The zero-order valence-electron chi connectivity index (χ0n) is 18.2. The fourth-order valence-electron chi connectivity index (χ4n) is 3.26. The van der Waals surface area contributed by atoms with E-state index in [2.05, 4.69) is 77.1 Å². The first-order chi connectivity index (χ1) is 15.1. The van der Waals surface area contributed by atoms with Crippen molar-refractivity contribution in [1.29, 1.82) is 0 Å². The second-order valence-electron chi connectivity index (χ2n) is 7.58. The van der Waals surface area contributed by atoms with E-state index in [1.807, 2.05) is 30.0 Å². The number of rotatable bonds is 8. The van der Waals surface area contributed by atoms with Crippen LogP contribution in [-0.4, -0.2) is 63.5 Å². The molecule has 1 aliphatic rings. The van der Waals surface area contributed by atoms with Gasteiger partial charge in [0.15, 0.2) is 11.0 Å². The van der Waals surface area contributed by atoms with Crippen molar-refractivity contribution in [1.82, 2.24) is 19.7 Å². The first-order valence-corrected chi connectivity index (χ1v) is 12.1. The summed E-state index contributed by atoms with van der Waals surface area (Å²) in [5.41, 5.74) is 2.24. The van der Waals surface area contributed by atoms with Gasteiger partial charge in [-0.3, -0.25) is 14.5 Å². The Morgan fingerprint density at radius 1 is 1.13 bits per heavy atom. The van der Waals surface area contributed by atoms with E-state index in [1.54, 1.807) is 18.9 Å². The maximum absolute atomic E-state index is 5.25. The molecule has 0 aliphatic carbocycles. The van der Waals surface area contributed by atoms with E-state index in [-0.39, 0.29) is 6.04 Å². The molecule has 31 heavy (non-hydrogen) atoms. The molecule has 1 aliphatic heterocycles. The van der Waals surface area contributed by atoms with Crippen LogP contribution in [0.4, 0.5) is 0 Å². The van der Waals surface area contributed by atoms with E-state index >= 15 is 0 Å². The molecule has 3 aromatic rings. The Labute approximate surface area is 192 Å². The highest BCUT2D eigenvalue weighted by atomic mass is 32.2. The molecule has 6 nitrogen and oxygen atoms in total. The van der Waals surface area contributed by atoms with Gasteiger partial charge in [0.1, 0.15) is 5.75 Å². The Kier molecular flexibility index (Phi) is 6.99. The van der Waals surface area contributed by atoms with Crippen LogP contribution in [0.1, 0.15) is 24.4 Å². The number of nitrogens with zero attached hydrogens (tertiary/aromatic N) is 5. The maximum atomic E-state index is 5.25. The Bertz CT molecular complexity index is 1030. The van der Waals surface area contributed by atoms with Crippen molar-refractivity contribution in [2.24, 2.45) is 4.99 Å². The smallest absolute Gasteiger partial charge is 0.195 e. The van der Waals surface area contributed by atoms with Gasteiger partial charge in [-0.25, -0.2) is 0 Å². The van der Waals surface area contributed by atoms with Crippen molar-refractivity contribution in [3.8, 4) is 11.4 Å². The molecule has 1 aromatic heterocycles. The second kappa shape index (κ2) is 9.89. The first kappa shape index (κ1) is 21.9. The number of aliphatic imine (C=N–C) groups is 1. The number of para-hydroxylation sites is 1. The zero-order chi connectivity index (χ0) is 21.8. The van der Waals surface area contributed by atoms with Gasteiger partial charge < -0.3 is 4.74 Å². The second-order valence-corrected chi connectivity index (χ2v) is 9.85. The van der Waals surface area contributed by atoms with Crippen LogP contribution in [0.2, 0.25) is 0 Å². The van der Waals surface area contributed by atoms with E-state index in [9.17, 15) is 0 Å². The predicted molar refractivity (Wildman–Crippen MR) is 130 cm³/mol. The number of hydrogen-bond acceptors (Lipinski definition) is 7. The lowest BCUT2D eigenvalue weighted by atomic mass is 10.2. The lowest BCUT2D eigenvalue weighted by Gasteiger charge is -2.20. The first-order valence-electron chi connectivity index (χ1n) is 10.2. The van der Waals surface area contributed by atoms with Crippen LogP contribution in [0.25, 0.3) is 5.69 Å². The number of methoxy groups -OCH3 is 1. The monoisotopic (exact) mass is 453 g/mol. The number of aromatic nitrogens is 3. The van der Waals surface area contributed by atoms with Crippen LogP contribution in [0.3, 0.4) is 0 Å². The SMILES string of the molecule is COc1ccc(C2=NC[C@H](CSc3nnc([C@@H](C)N(C)C)n3-c3ccccc3)S2)cc1. The highest BCUT2D eigenvalue weighted by molar-refractivity contribution is 8.16. The molecule has 2 atom stereocenters. The third-order valence-corrected chi connectivity index (χ3v) is 7.81. The van der Waals surface area contributed by atoms with Crippen LogP contribution in [0.15, 0.2) is 64.7 Å². The zero-order valence-corrected chi connectivity index (χ0v) is 19.9. The fraction of sp³-hybridized carbons (Fsp3) is 0.348. The maximum Gasteiger partial charge on any atom is 0.195 e. The molecule has 0 bridgehead atoms. The molecule has 0 amide bonds. The van der Waals surface area contributed by atoms with Crippen LogP contribution in [-0.2, 0) is 0 Å². The third-order valence-electron chi connectivity index (χ3n) is 5.27. The molecule has 0 N–H and O–H groups in total. The Morgan fingerprint density at radius 3 is 2.55 bits per heavy atom. The lowest BCUT2D eigenvalue weighted by molar-refractivity contribution is 0.305. The van der Waals surface area contributed by atoms with Crippen LogP contribution < -0.4 is 4.74 Å². The van der Waals surface area contributed by atoms with Gasteiger partial charge in [-0.2, -0.15) is 0 Å². The number of benzene rings is 2. The average Bonchev–Trinajstić information content (AvgIpc) is 3.45. The summed E-state index contributed by atoms with van der Waals surface area (Å²) in [7, 11) is 5.81. The molecule has 0 saturated heterocycles. The van der Waals surface area contributed by atoms with Crippen LogP contribution in [0, 0.1) is 0 Å². The molecule has 0 unspecified atom stereocenters. The minimum absolute atomic E-state index is 0.160. The summed E-state index contributed by atoms with van der Waals surface area (Å²) in [5, 5.41) is 11.5. The van der Waals surface area contributed by atoms with Crippen molar-refractivity contribution in [3.05, 3.63) is 66.0 Å². The minimum atomic E-state index is 0.160. The van der Waals surface area contributed by atoms with Crippen molar-refractivity contribution in [3.63, 3.8) is 0 Å². The van der Waals surface area contributed by atoms with Gasteiger partial charge in [0.25, 0.3) is 0 Å². The molecule has 4 rings (SSSR count). The average molecular weight is 454 g/mol. The molecular weight excluding hydrogens is 426 g/mol. The highest BCUT2D eigenvalue weighted by Gasteiger charge is 2.24. The molecule has 0 spiro atoms. The van der Waals surface area contributed by atoms with E-state index in [1.165, 1.54) is 0 Å². The third kappa shape index (κ3) is 4.97. The molecule has 2 heterocycles. The van der Waals surface area contributed by atoms with Gasteiger partial charge in [-0.05, 0) is 57.4 Å². The van der Waals surface area contributed by atoms with Crippen molar-refractivity contribution >= 4 is 28.6 Å². The van der Waals surface area contributed by atoms with Crippen molar-refractivity contribution in [2.45, 2.75) is 23.4 Å². The van der Waals surface area contributed by atoms with Gasteiger partial charge in [0.2, 0.25) is 0 Å². The standard InChI is InChI=1S/C23H27N5OS2/c1-16(27(2)3)21-25-26-23(28(21)18-8-6-5-7-9-18)30-15-20-14-24-22(31-20)17-10-12-19(29-4)13-11-17/h5-13,16,20H,14-15H2,1-4H3/t16-,20-/m1/s1. The minimum Gasteiger partial charge on any atom is -0.497 e. The van der Waals surface area contributed by atoms with Gasteiger partial charge in [-0.15, -0.1) is 22.0 Å². The van der Waals surface area contributed by atoms with Crippen LogP contribution >= 0.6 is 23.5 Å². The molecular formula is C23H27N5OS2. The van der Waals surface area contributed by atoms with Gasteiger partial charge in [-0.1, -0.05) is 30.0 Å². The molecule has 2 aromatic carbocycles. The topological polar surface area (TPSA) is 55.5 Å². The Hall–Kier alpha value is -2.29. The summed E-state index contributed by atoms with van der Waals surface area (Å²) in [4.78, 5) is 6.92. The normalized spacial score (nSPS) is 17.1. The van der Waals surface area contributed by atoms with Gasteiger partial charge in [0.05, 0.1) is 24.7 Å². The van der Waals surface area contributed by atoms with Crippen LogP contribution in [0.5, 0.6) is 5.75 Å². The summed E-state index contributed by atoms with van der Waals surface area (Å²) in [5.74, 6) is 2.74. The molecule has 0 saturated carbocycles. The largest absolute Gasteiger partial charge is 0.497 e. The quantitative estimate of drug-likeness (QED) is 0.466. The summed E-state index contributed by atoms with van der Waals surface area (Å²) in [6.07, 6.45) is 0. The van der Waals surface area contributed by atoms with Crippen molar-refractivity contribution < 1.29 is 4.74 Å². The summed E-state index contributed by atoms with van der Waals surface area (Å²) in [6, 6.07) is 18.6. The lowest BCUT2D eigenvalue weighted by Crippen LogP contribution is -2.20. The Morgan fingerprint density at radius 2 is 1.87 bits per heavy atom. The molecule has 162 valence electrons. The number of thioether (sulfide) groups is 2.